The molecular weight excluding hydrogens is 244 g/mol. The highest BCUT2D eigenvalue weighted by molar-refractivity contribution is 7.85. The van der Waals surface area contributed by atoms with Gasteiger partial charge in [-0.05, 0) is 17.7 Å². The van der Waals surface area contributed by atoms with Crippen LogP contribution in [0.15, 0.2) is 24.3 Å². The van der Waals surface area contributed by atoms with E-state index in [9.17, 15) is 4.21 Å². The Bertz CT molecular complexity index is 381. The highest BCUT2D eigenvalue weighted by Crippen LogP contribution is 2.09. The van der Waals surface area contributed by atoms with E-state index in [4.69, 9.17) is 0 Å². The smallest absolute Gasteiger partial charge is 0.0363 e. The second-order valence-electron chi connectivity index (χ2n) is 4.72. The third-order valence-corrected chi connectivity index (χ3v) is 4.55. The van der Waals surface area contributed by atoms with Gasteiger partial charge in [-0.2, -0.15) is 0 Å². The van der Waals surface area contributed by atoms with Crippen molar-refractivity contribution in [2.75, 3.05) is 31.1 Å². The molecule has 1 aliphatic rings. The van der Waals surface area contributed by atoms with Crippen molar-refractivity contribution >= 4 is 10.8 Å². The minimum absolute atomic E-state index is 0.576. The van der Waals surface area contributed by atoms with E-state index >= 15 is 0 Å². The molecular formula is C14H22N2OS. The summed E-state index contributed by atoms with van der Waals surface area (Å²) in [4.78, 5) is 2.39. The molecule has 1 aliphatic heterocycles. The van der Waals surface area contributed by atoms with Gasteiger partial charge in [-0.15, -0.1) is 0 Å². The Kier molecular flexibility index (Phi) is 5.35. The van der Waals surface area contributed by atoms with Crippen LogP contribution in [0.4, 0.5) is 0 Å². The fourth-order valence-corrected chi connectivity index (χ4v) is 3.25. The van der Waals surface area contributed by atoms with E-state index in [-0.39, 0.29) is 0 Å². The van der Waals surface area contributed by atoms with E-state index in [1.54, 1.807) is 0 Å². The molecule has 1 saturated heterocycles. The maximum atomic E-state index is 11.3. The van der Waals surface area contributed by atoms with Crippen molar-refractivity contribution in [3.8, 4) is 0 Å². The summed E-state index contributed by atoms with van der Waals surface area (Å²) in [5.74, 6) is 1.66. The normalized spacial score (nSPS) is 18.1. The maximum Gasteiger partial charge on any atom is 0.0363 e. The van der Waals surface area contributed by atoms with Gasteiger partial charge in [-0.1, -0.05) is 31.2 Å². The molecule has 100 valence electrons. The van der Waals surface area contributed by atoms with Gasteiger partial charge in [0, 0.05) is 48.5 Å². The number of hydrogen-bond acceptors (Lipinski definition) is 3. The molecule has 0 unspecified atom stereocenters. The van der Waals surface area contributed by atoms with Gasteiger partial charge in [0.2, 0.25) is 0 Å². The Morgan fingerprint density at radius 1 is 1.17 bits per heavy atom. The van der Waals surface area contributed by atoms with Crippen molar-refractivity contribution in [2.45, 2.75) is 20.0 Å². The largest absolute Gasteiger partial charge is 0.313 e. The molecule has 1 N–H and O–H groups in total. The average molecular weight is 266 g/mol. The Labute approximate surface area is 112 Å². The standard InChI is InChI=1S/C14H22N2OS/c1-2-15-11-13-3-5-14(6-4-13)12-16-7-9-18(17)10-8-16/h3-6,15H,2,7-12H2,1H3. The molecule has 1 aromatic carbocycles. The van der Waals surface area contributed by atoms with Crippen molar-refractivity contribution in [2.24, 2.45) is 0 Å². The van der Waals surface area contributed by atoms with E-state index in [0.29, 0.717) is 0 Å². The highest BCUT2D eigenvalue weighted by Gasteiger charge is 2.14. The van der Waals surface area contributed by atoms with Gasteiger partial charge in [-0.25, -0.2) is 0 Å². The lowest BCUT2D eigenvalue weighted by Gasteiger charge is -2.26. The Balaban J connectivity index is 1.84. The fourth-order valence-electron chi connectivity index (χ4n) is 2.12. The van der Waals surface area contributed by atoms with Crippen molar-refractivity contribution in [3.05, 3.63) is 35.4 Å². The first kappa shape index (κ1) is 13.7. The Hall–Kier alpha value is -0.710. The fraction of sp³-hybridized carbons (Fsp3) is 0.571. The molecule has 0 radical (unpaired) electrons. The summed E-state index contributed by atoms with van der Waals surface area (Å²) >= 11 is 0. The van der Waals surface area contributed by atoms with Gasteiger partial charge in [0.1, 0.15) is 0 Å². The van der Waals surface area contributed by atoms with Crippen molar-refractivity contribution in [1.29, 1.82) is 0 Å². The first-order valence-corrected chi connectivity index (χ1v) is 8.12. The molecule has 0 aromatic heterocycles. The van der Waals surface area contributed by atoms with Gasteiger partial charge in [0.15, 0.2) is 0 Å². The SMILES string of the molecule is CCNCc1ccc(CN2CCS(=O)CC2)cc1. The van der Waals surface area contributed by atoms with E-state index in [2.05, 4.69) is 41.4 Å². The van der Waals surface area contributed by atoms with Gasteiger partial charge < -0.3 is 5.32 Å². The van der Waals surface area contributed by atoms with Crippen LogP contribution < -0.4 is 5.32 Å². The summed E-state index contributed by atoms with van der Waals surface area (Å²) in [6, 6.07) is 8.80. The zero-order valence-corrected chi connectivity index (χ0v) is 11.8. The minimum atomic E-state index is -0.576. The molecule has 3 nitrogen and oxygen atoms in total. The number of rotatable bonds is 5. The predicted octanol–water partition coefficient (Wildman–Crippen LogP) is 1.36. The molecule has 0 saturated carbocycles. The lowest BCUT2D eigenvalue weighted by atomic mass is 10.1. The first-order valence-electron chi connectivity index (χ1n) is 6.64. The monoisotopic (exact) mass is 266 g/mol. The van der Waals surface area contributed by atoms with Crippen LogP contribution >= 0.6 is 0 Å². The molecule has 0 atom stereocenters. The molecule has 0 bridgehead atoms. The zero-order chi connectivity index (χ0) is 12.8. The van der Waals surface area contributed by atoms with Crippen LogP contribution in [0.3, 0.4) is 0 Å². The van der Waals surface area contributed by atoms with E-state index in [1.165, 1.54) is 11.1 Å². The first-order chi connectivity index (χ1) is 8.78. The molecule has 1 aromatic rings. The Morgan fingerprint density at radius 3 is 2.39 bits per heavy atom. The second-order valence-corrected chi connectivity index (χ2v) is 6.42. The summed E-state index contributed by atoms with van der Waals surface area (Å²) in [6.07, 6.45) is 0. The van der Waals surface area contributed by atoms with Crippen LogP contribution in [0.2, 0.25) is 0 Å². The van der Waals surface area contributed by atoms with E-state index < -0.39 is 10.8 Å². The van der Waals surface area contributed by atoms with Crippen molar-refractivity contribution < 1.29 is 4.21 Å². The third-order valence-electron chi connectivity index (χ3n) is 3.28. The summed E-state index contributed by atoms with van der Waals surface area (Å²) < 4.78 is 11.3. The molecule has 18 heavy (non-hydrogen) atoms. The molecule has 1 fully saturated rings. The summed E-state index contributed by atoms with van der Waals surface area (Å²) in [5.41, 5.74) is 2.68. The van der Waals surface area contributed by atoms with Crippen LogP contribution in [0.5, 0.6) is 0 Å². The van der Waals surface area contributed by atoms with Gasteiger partial charge in [0.25, 0.3) is 0 Å². The molecule has 0 spiro atoms. The second kappa shape index (κ2) is 7.02. The van der Waals surface area contributed by atoms with Crippen LogP contribution in [0, 0.1) is 0 Å². The summed E-state index contributed by atoms with van der Waals surface area (Å²) in [7, 11) is -0.576. The van der Waals surface area contributed by atoms with Gasteiger partial charge in [0.05, 0.1) is 0 Å². The summed E-state index contributed by atoms with van der Waals surface area (Å²) in [5, 5.41) is 3.33. The van der Waals surface area contributed by atoms with Crippen molar-refractivity contribution in [3.63, 3.8) is 0 Å². The van der Waals surface area contributed by atoms with E-state index in [1.807, 2.05) is 0 Å². The number of nitrogens with zero attached hydrogens (tertiary/aromatic N) is 1. The molecule has 1 heterocycles. The topological polar surface area (TPSA) is 32.3 Å². The Morgan fingerprint density at radius 2 is 1.78 bits per heavy atom. The van der Waals surface area contributed by atoms with Crippen LogP contribution in [0.1, 0.15) is 18.1 Å². The van der Waals surface area contributed by atoms with Crippen LogP contribution in [-0.2, 0) is 23.9 Å². The van der Waals surface area contributed by atoms with Gasteiger partial charge in [-0.3, -0.25) is 9.11 Å². The molecule has 0 aliphatic carbocycles. The average Bonchev–Trinajstić information content (AvgIpc) is 2.41. The minimum Gasteiger partial charge on any atom is -0.313 e. The molecule has 4 heteroatoms. The number of hydrogen-bond donors (Lipinski definition) is 1. The lowest BCUT2D eigenvalue weighted by molar-refractivity contribution is 0.291. The van der Waals surface area contributed by atoms with Crippen LogP contribution in [-0.4, -0.2) is 40.2 Å². The zero-order valence-electron chi connectivity index (χ0n) is 11.0. The predicted molar refractivity (Wildman–Crippen MR) is 77.0 cm³/mol. The van der Waals surface area contributed by atoms with Crippen molar-refractivity contribution in [1.82, 2.24) is 10.2 Å². The van der Waals surface area contributed by atoms with E-state index in [0.717, 1.165) is 44.2 Å². The number of nitrogens with one attached hydrogen (secondary N) is 1. The van der Waals surface area contributed by atoms with Gasteiger partial charge >= 0.3 is 0 Å². The lowest BCUT2D eigenvalue weighted by Crippen LogP contribution is -2.37. The molecule has 2 rings (SSSR count). The summed E-state index contributed by atoms with van der Waals surface area (Å²) in [6.45, 7) is 6.98. The third kappa shape index (κ3) is 4.19. The quantitative estimate of drug-likeness (QED) is 0.873. The van der Waals surface area contributed by atoms with Crippen LogP contribution in [0.25, 0.3) is 0 Å². The maximum absolute atomic E-state index is 11.3. The highest BCUT2D eigenvalue weighted by atomic mass is 32.2. The number of benzene rings is 1. The molecule has 0 amide bonds.